The largest absolute Gasteiger partial charge is 0.486 e. The zero-order valence-corrected chi connectivity index (χ0v) is 18.4. The number of thiazole rings is 1. The van der Waals surface area contributed by atoms with Crippen molar-refractivity contribution in [3.8, 4) is 22.8 Å². The number of carbonyl (C=O) groups is 1. The third-order valence-electron chi connectivity index (χ3n) is 4.15. The normalized spacial score (nSPS) is 13.8. The number of halogens is 2. The van der Waals surface area contributed by atoms with Crippen LogP contribution in [0.2, 0.25) is 10.0 Å². The molecule has 9 heteroatoms. The molecule has 29 heavy (non-hydrogen) atoms. The number of anilines is 1. The fourth-order valence-corrected chi connectivity index (χ4v) is 4.60. The number of nitrogens with one attached hydrogen (secondary N) is 1. The number of amides is 1. The summed E-state index contributed by atoms with van der Waals surface area (Å²) in [6.45, 7) is 2.93. The van der Waals surface area contributed by atoms with Gasteiger partial charge in [-0.2, -0.15) is 0 Å². The molecule has 4 rings (SSSR count). The second kappa shape index (κ2) is 8.83. The standard InChI is InChI=1S/C20H16Cl2N2O3S2/c1-11(29-13-3-5-17-18(9-13)27-7-6-26-17)19(25)24-20-23-16(10-28-20)12-2-4-14(21)15(22)8-12/h2-5,8-11H,6-7H2,1H3,(H,23,24,25)/t11-/m1/s1. The molecular weight excluding hydrogens is 451 g/mol. The zero-order chi connectivity index (χ0) is 20.4. The number of hydrogen-bond acceptors (Lipinski definition) is 6. The van der Waals surface area contributed by atoms with Gasteiger partial charge < -0.3 is 14.8 Å². The molecule has 1 aliphatic rings. The van der Waals surface area contributed by atoms with E-state index >= 15 is 0 Å². The highest BCUT2D eigenvalue weighted by Crippen LogP contribution is 2.36. The van der Waals surface area contributed by atoms with E-state index in [1.54, 1.807) is 12.1 Å². The van der Waals surface area contributed by atoms with Crippen LogP contribution in [0.25, 0.3) is 11.3 Å². The molecule has 1 atom stereocenters. The van der Waals surface area contributed by atoms with Gasteiger partial charge in [0.15, 0.2) is 16.6 Å². The summed E-state index contributed by atoms with van der Waals surface area (Å²) in [5, 5.41) is 5.92. The lowest BCUT2D eigenvalue weighted by molar-refractivity contribution is -0.115. The Kier molecular flexibility index (Phi) is 6.20. The first-order valence-electron chi connectivity index (χ1n) is 8.78. The van der Waals surface area contributed by atoms with E-state index in [0.29, 0.717) is 34.1 Å². The van der Waals surface area contributed by atoms with Crippen molar-refractivity contribution in [2.75, 3.05) is 18.5 Å². The summed E-state index contributed by atoms with van der Waals surface area (Å²) in [7, 11) is 0. The first-order chi connectivity index (χ1) is 14.0. The number of thioether (sulfide) groups is 1. The second-order valence-corrected chi connectivity index (χ2v) is 9.31. The van der Waals surface area contributed by atoms with Crippen molar-refractivity contribution in [2.45, 2.75) is 17.1 Å². The lowest BCUT2D eigenvalue weighted by Gasteiger charge is -2.19. The molecule has 5 nitrogen and oxygen atoms in total. The molecule has 0 bridgehead atoms. The molecule has 0 radical (unpaired) electrons. The molecule has 1 aromatic heterocycles. The highest BCUT2D eigenvalue weighted by Gasteiger charge is 2.19. The molecule has 2 heterocycles. The van der Waals surface area contributed by atoms with E-state index in [1.807, 2.05) is 36.6 Å². The van der Waals surface area contributed by atoms with Crippen LogP contribution in [-0.4, -0.2) is 29.4 Å². The van der Waals surface area contributed by atoms with E-state index in [0.717, 1.165) is 21.9 Å². The molecule has 0 saturated heterocycles. The second-order valence-electron chi connectivity index (χ2n) is 6.22. The van der Waals surface area contributed by atoms with Gasteiger partial charge in [-0.3, -0.25) is 4.79 Å². The van der Waals surface area contributed by atoms with Gasteiger partial charge in [-0.1, -0.05) is 29.3 Å². The predicted octanol–water partition coefficient (Wildman–Crippen LogP) is 6.01. The Labute approximate surface area is 186 Å². The van der Waals surface area contributed by atoms with Crippen LogP contribution in [0.15, 0.2) is 46.7 Å². The van der Waals surface area contributed by atoms with E-state index < -0.39 is 0 Å². The van der Waals surface area contributed by atoms with Crippen LogP contribution >= 0.6 is 46.3 Å². The van der Waals surface area contributed by atoms with Crippen molar-refractivity contribution < 1.29 is 14.3 Å². The van der Waals surface area contributed by atoms with Gasteiger partial charge >= 0.3 is 0 Å². The van der Waals surface area contributed by atoms with E-state index in [1.165, 1.54) is 23.1 Å². The number of rotatable bonds is 5. The Balaban J connectivity index is 1.40. The maximum Gasteiger partial charge on any atom is 0.239 e. The number of benzene rings is 2. The van der Waals surface area contributed by atoms with Gasteiger partial charge in [0, 0.05) is 15.8 Å². The maximum atomic E-state index is 12.6. The van der Waals surface area contributed by atoms with Crippen molar-refractivity contribution in [3.63, 3.8) is 0 Å². The van der Waals surface area contributed by atoms with E-state index in [2.05, 4.69) is 10.3 Å². The Morgan fingerprint density at radius 1 is 1.14 bits per heavy atom. The van der Waals surface area contributed by atoms with Crippen molar-refractivity contribution in [2.24, 2.45) is 0 Å². The molecular formula is C20H16Cl2N2O3S2. The van der Waals surface area contributed by atoms with Crippen molar-refractivity contribution in [1.29, 1.82) is 0 Å². The zero-order valence-electron chi connectivity index (χ0n) is 15.3. The van der Waals surface area contributed by atoms with Crippen LogP contribution in [0.1, 0.15) is 6.92 Å². The summed E-state index contributed by atoms with van der Waals surface area (Å²) in [6, 6.07) is 11.0. The molecule has 2 aromatic carbocycles. The Hall–Kier alpha value is -1.93. The monoisotopic (exact) mass is 466 g/mol. The van der Waals surface area contributed by atoms with Crippen LogP contribution in [0.5, 0.6) is 11.5 Å². The van der Waals surface area contributed by atoms with Crippen LogP contribution < -0.4 is 14.8 Å². The van der Waals surface area contributed by atoms with Crippen molar-refractivity contribution >= 4 is 57.3 Å². The molecule has 0 spiro atoms. The summed E-state index contributed by atoms with van der Waals surface area (Å²) in [5.74, 6) is 1.32. The predicted molar refractivity (Wildman–Crippen MR) is 119 cm³/mol. The average molecular weight is 467 g/mol. The van der Waals surface area contributed by atoms with Crippen LogP contribution in [0, 0.1) is 0 Å². The van der Waals surface area contributed by atoms with Crippen LogP contribution in [0.4, 0.5) is 5.13 Å². The Bertz CT molecular complexity index is 1060. The Morgan fingerprint density at radius 2 is 1.93 bits per heavy atom. The molecule has 0 saturated carbocycles. The summed E-state index contributed by atoms with van der Waals surface area (Å²) in [5.41, 5.74) is 1.57. The number of hydrogen-bond donors (Lipinski definition) is 1. The first kappa shape index (κ1) is 20.3. The smallest absolute Gasteiger partial charge is 0.239 e. The highest BCUT2D eigenvalue weighted by atomic mass is 35.5. The van der Waals surface area contributed by atoms with Gasteiger partial charge in [0.25, 0.3) is 0 Å². The molecule has 0 aliphatic carbocycles. The number of carbonyl (C=O) groups excluding carboxylic acids is 1. The van der Waals surface area contributed by atoms with Gasteiger partial charge in [0.1, 0.15) is 13.2 Å². The van der Waals surface area contributed by atoms with Crippen molar-refractivity contribution in [3.05, 3.63) is 51.8 Å². The number of aromatic nitrogens is 1. The summed E-state index contributed by atoms with van der Waals surface area (Å²) in [4.78, 5) is 18.0. The van der Waals surface area contributed by atoms with Crippen LogP contribution in [0.3, 0.4) is 0 Å². The number of nitrogens with zero attached hydrogens (tertiary/aromatic N) is 1. The fourth-order valence-electron chi connectivity index (χ4n) is 2.68. The number of fused-ring (bicyclic) bond motifs is 1. The van der Waals surface area contributed by atoms with Gasteiger partial charge in [-0.15, -0.1) is 23.1 Å². The first-order valence-corrected chi connectivity index (χ1v) is 11.3. The lowest BCUT2D eigenvalue weighted by Crippen LogP contribution is -2.22. The van der Waals surface area contributed by atoms with E-state index in [9.17, 15) is 4.79 Å². The Morgan fingerprint density at radius 3 is 2.72 bits per heavy atom. The molecule has 0 unspecified atom stereocenters. The minimum atomic E-state index is -0.310. The van der Waals surface area contributed by atoms with E-state index in [-0.39, 0.29) is 11.2 Å². The fraction of sp³-hybridized carbons (Fsp3) is 0.200. The van der Waals surface area contributed by atoms with Gasteiger partial charge in [0.05, 0.1) is 21.0 Å². The molecule has 3 aromatic rings. The molecule has 1 aliphatic heterocycles. The minimum absolute atomic E-state index is 0.125. The average Bonchev–Trinajstić information content (AvgIpc) is 3.18. The highest BCUT2D eigenvalue weighted by molar-refractivity contribution is 8.00. The van der Waals surface area contributed by atoms with Crippen molar-refractivity contribution in [1.82, 2.24) is 4.98 Å². The molecule has 0 fully saturated rings. The number of ether oxygens (including phenoxy) is 2. The van der Waals surface area contributed by atoms with Gasteiger partial charge in [-0.25, -0.2) is 4.98 Å². The molecule has 1 amide bonds. The quantitative estimate of drug-likeness (QED) is 0.466. The topological polar surface area (TPSA) is 60.5 Å². The van der Waals surface area contributed by atoms with Gasteiger partial charge in [0.2, 0.25) is 5.91 Å². The third kappa shape index (κ3) is 4.80. The van der Waals surface area contributed by atoms with Gasteiger partial charge in [-0.05, 0) is 37.3 Å². The minimum Gasteiger partial charge on any atom is -0.486 e. The summed E-state index contributed by atoms with van der Waals surface area (Å²) >= 11 is 14.8. The lowest BCUT2D eigenvalue weighted by atomic mass is 10.2. The maximum absolute atomic E-state index is 12.6. The summed E-state index contributed by atoms with van der Waals surface area (Å²) < 4.78 is 11.1. The summed E-state index contributed by atoms with van der Waals surface area (Å²) in [6.07, 6.45) is 0. The SMILES string of the molecule is C[C@@H](Sc1ccc2c(c1)OCCO2)C(=O)Nc1nc(-c2ccc(Cl)c(Cl)c2)cs1. The third-order valence-corrected chi connectivity index (χ3v) is 6.74. The van der Waals surface area contributed by atoms with E-state index in [4.69, 9.17) is 32.7 Å². The van der Waals surface area contributed by atoms with Crippen LogP contribution in [-0.2, 0) is 4.79 Å². The molecule has 150 valence electrons. The molecule has 1 N–H and O–H groups in total.